The van der Waals surface area contributed by atoms with E-state index in [1.165, 1.54) is 0 Å². The van der Waals surface area contributed by atoms with E-state index in [4.69, 9.17) is 4.74 Å². The fourth-order valence-electron chi connectivity index (χ4n) is 1.44. The number of ketones is 1. The van der Waals surface area contributed by atoms with Crippen molar-refractivity contribution in [3.05, 3.63) is 24.0 Å². The van der Waals surface area contributed by atoms with Crippen molar-refractivity contribution >= 4 is 5.78 Å². The van der Waals surface area contributed by atoms with Gasteiger partial charge >= 0.3 is 0 Å². The lowest BCUT2D eigenvalue weighted by Gasteiger charge is -2.02. The molecular weight excluding hydrogens is 190 g/mol. The lowest BCUT2D eigenvalue weighted by Crippen LogP contribution is -2.01. The fraction of sp³-hybridized carbons (Fsp3) is 0.583. The van der Waals surface area contributed by atoms with Crippen LogP contribution in [0.2, 0.25) is 0 Å². The van der Waals surface area contributed by atoms with Gasteiger partial charge in [0.15, 0.2) is 5.78 Å². The molecule has 0 N–H and O–H groups in total. The van der Waals surface area contributed by atoms with Gasteiger partial charge in [-0.15, -0.1) is 0 Å². The fourth-order valence-corrected chi connectivity index (χ4v) is 1.44. The highest BCUT2D eigenvalue weighted by Crippen LogP contribution is 2.05. The molecule has 1 rings (SSSR count). The molecule has 0 spiro atoms. The first kappa shape index (κ1) is 12.0. The number of hydrogen-bond acceptors (Lipinski definition) is 2. The third-order valence-electron chi connectivity index (χ3n) is 2.30. The second kappa shape index (κ2) is 6.40. The quantitative estimate of drug-likeness (QED) is 0.510. The number of carbonyl (C=O) groups excluding carboxylic acids is 1. The molecule has 3 nitrogen and oxygen atoms in total. The predicted octanol–water partition coefficient (Wildman–Crippen LogP) is 2.51. The van der Waals surface area contributed by atoms with Crippen LogP contribution in [0.15, 0.2) is 18.5 Å². The summed E-state index contributed by atoms with van der Waals surface area (Å²) in [5.74, 6) is 0.207. The lowest BCUT2D eigenvalue weighted by atomic mass is 10.2. The summed E-state index contributed by atoms with van der Waals surface area (Å²) in [4.78, 5) is 11.4. The van der Waals surface area contributed by atoms with Gasteiger partial charge in [0.25, 0.3) is 0 Å². The van der Waals surface area contributed by atoms with Crippen LogP contribution < -0.4 is 0 Å². The first-order chi connectivity index (χ1) is 7.27. The van der Waals surface area contributed by atoms with Gasteiger partial charge in [0.05, 0.1) is 0 Å². The average Bonchev–Trinajstić information content (AvgIpc) is 2.72. The lowest BCUT2D eigenvalue weighted by molar-refractivity contribution is 0.0988. The summed E-state index contributed by atoms with van der Waals surface area (Å²) in [6.45, 7) is 6.34. The number of aryl methyl sites for hydroxylation is 1. The van der Waals surface area contributed by atoms with E-state index in [0.717, 1.165) is 31.7 Å². The molecule has 0 amide bonds. The summed E-state index contributed by atoms with van der Waals surface area (Å²) < 4.78 is 7.29. The van der Waals surface area contributed by atoms with E-state index in [9.17, 15) is 4.79 Å². The van der Waals surface area contributed by atoms with Gasteiger partial charge in [-0.05, 0) is 19.4 Å². The monoisotopic (exact) mass is 209 g/mol. The van der Waals surface area contributed by atoms with Gasteiger partial charge in [0.2, 0.25) is 0 Å². The maximum absolute atomic E-state index is 11.4. The van der Waals surface area contributed by atoms with Gasteiger partial charge in [-0.3, -0.25) is 4.79 Å². The zero-order chi connectivity index (χ0) is 11.1. The van der Waals surface area contributed by atoms with Crippen molar-refractivity contribution in [1.29, 1.82) is 0 Å². The number of Topliss-reactive ketones (excluding diaryl/α,β-unsaturated/α-hetero) is 1. The Morgan fingerprint density at radius 1 is 1.47 bits per heavy atom. The van der Waals surface area contributed by atoms with Crippen LogP contribution in [0.25, 0.3) is 0 Å². The molecule has 15 heavy (non-hydrogen) atoms. The van der Waals surface area contributed by atoms with Crippen LogP contribution in [0.5, 0.6) is 0 Å². The number of carbonyl (C=O) groups is 1. The Morgan fingerprint density at radius 3 is 2.93 bits per heavy atom. The first-order valence-electron chi connectivity index (χ1n) is 5.54. The summed E-state index contributed by atoms with van der Waals surface area (Å²) in [6, 6.07) is 1.88. The number of hydrogen-bond donors (Lipinski definition) is 0. The van der Waals surface area contributed by atoms with Gasteiger partial charge < -0.3 is 9.30 Å². The standard InChI is InChI=1S/C12H19NO2/c1-3-12(14)11-6-8-13(10-11)7-5-9-15-4-2/h6,8,10H,3-5,7,9H2,1-2H3. The molecule has 3 heteroatoms. The summed E-state index contributed by atoms with van der Waals surface area (Å²) >= 11 is 0. The molecule has 0 aliphatic rings. The van der Waals surface area contributed by atoms with Gasteiger partial charge in [-0.2, -0.15) is 0 Å². The zero-order valence-corrected chi connectivity index (χ0v) is 9.53. The molecule has 0 aliphatic carbocycles. The molecule has 0 radical (unpaired) electrons. The molecule has 0 saturated heterocycles. The highest BCUT2D eigenvalue weighted by Gasteiger charge is 2.04. The summed E-state index contributed by atoms with van der Waals surface area (Å²) in [7, 11) is 0. The van der Waals surface area contributed by atoms with Gasteiger partial charge in [-0.25, -0.2) is 0 Å². The van der Waals surface area contributed by atoms with E-state index >= 15 is 0 Å². The molecule has 0 fully saturated rings. The molecule has 0 aliphatic heterocycles. The van der Waals surface area contributed by atoms with Crippen LogP contribution >= 0.6 is 0 Å². The maximum Gasteiger partial charge on any atom is 0.164 e. The van der Waals surface area contributed by atoms with Crippen LogP contribution in [0, 0.1) is 0 Å². The Morgan fingerprint density at radius 2 is 2.27 bits per heavy atom. The normalized spacial score (nSPS) is 10.5. The number of rotatable bonds is 7. The van der Waals surface area contributed by atoms with E-state index in [1.54, 1.807) is 0 Å². The Bertz CT molecular complexity index is 304. The van der Waals surface area contributed by atoms with Crippen molar-refractivity contribution < 1.29 is 9.53 Å². The van der Waals surface area contributed by atoms with Crippen LogP contribution in [0.3, 0.4) is 0 Å². The van der Waals surface area contributed by atoms with E-state index < -0.39 is 0 Å². The van der Waals surface area contributed by atoms with Crippen molar-refractivity contribution in [2.45, 2.75) is 33.2 Å². The first-order valence-corrected chi connectivity index (χ1v) is 5.54. The second-order valence-corrected chi connectivity index (χ2v) is 3.47. The third kappa shape index (κ3) is 3.88. The molecule has 84 valence electrons. The molecule has 0 atom stereocenters. The van der Waals surface area contributed by atoms with E-state index in [-0.39, 0.29) is 5.78 Å². The zero-order valence-electron chi connectivity index (χ0n) is 9.53. The van der Waals surface area contributed by atoms with Crippen LogP contribution in [0.1, 0.15) is 37.0 Å². The van der Waals surface area contributed by atoms with Gasteiger partial charge in [-0.1, -0.05) is 6.92 Å². The van der Waals surface area contributed by atoms with Crippen molar-refractivity contribution in [2.24, 2.45) is 0 Å². The van der Waals surface area contributed by atoms with Gasteiger partial charge in [0.1, 0.15) is 0 Å². The Hall–Kier alpha value is -1.09. The largest absolute Gasteiger partial charge is 0.382 e. The Kier molecular flexibility index (Phi) is 5.12. The number of ether oxygens (including phenoxy) is 1. The number of nitrogens with zero attached hydrogens (tertiary/aromatic N) is 1. The van der Waals surface area contributed by atoms with Gasteiger partial charge in [0, 0.05) is 44.1 Å². The van der Waals surface area contributed by atoms with E-state index in [2.05, 4.69) is 0 Å². The highest BCUT2D eigenvalue weighted by atomic mass is 16.5. The van der Waals surface area contributed by atoms with Crippen molar-refractivity contribution in [1.82, 2.24) is 4.57 Å². The van der Waals surface area contributed by atoms with Crippen molar-refractivity contribution in [3.63, 3.8) is 0 Å². The second-order valence-electron chi connectivity index (χ2n) is 3.47. The summed E-state index contributed by atoms with van der Waals surface area (Å²) in [5, 5.41) is 0. The van der Waals surface area contributed by atoms with Crippen molar-refractivity contribution in [2.75, 3.05) is 13.2 Å². The molecule has 1 aromatic heterocycles. The molecule has 1 heterocycles. The van der Waals surface area contributed by atoms with E-state index in [0.29, 0.717) is 6.42 Å². The van der Waals surface area contributed by atoms with Crippen LogP contribution in [0.4, 0.5) is 0 Å². The summed E-state index contributed by atoms with van der Waals surface area (Å²) in [6.07, 6.45) is 5.43. The molecule has 0 aromatic carbocycles. The number of aromatic nitrogens is 1. The predicted molar refractivity (Wildman–Crippen MR) is 60.2 cm³/mol. The summed E-state index contributed by atoms with van der Waals surface area (Å²) in [5.41, 5.74) is 0.814. The smallest absolute Gasteiger partial charge is 0.164 e. The molecule has 0 unspecified atom stereocenters. The minimum atomic E-state index is 0.207. The molecule has 0 bridgehead atoms. The van der Waals surface area contributed by atoms with Crippen LogP contribution in [-0.4, -0.2) is 23.6 Å². The minimum absolute atomic E-state index is 0.207. The topological polar surface area (TPSA) is 31.2 Å². The van der Waals surface area contributed by atoms with Crippen LogP contribution in [-0.2, 0) is 11.3 Å². The maximum atomic E-state index is 11.4. The third-order valence-corrected chi connectivity index (χ3v) is 2.30. The molecular formula is C12H19NO2. The van der Waals surface area contributed by atoms with Crippen molar-refractivity contribution in [3.8, 4) is 0 Å². The SMILES string of the molecule is CCOCCCn1ccc(C(=O)CC)c1. The average molecular weight is 209 g/mol. The Labute approximate surface area is 91.0 Å². The van der Waals surface area contributed by atoms with E-state index in [1.807, 2.05) is 36.9 Å². The minimum Gasteiger partial charge on any atom is -0.382 e. The molecule has 1 aromatic rings. The highest BCUT2D eigenvalue weighted by molar-refractivity contribution is 5.95. The molecule has 0 saturated carbocycles. The Balaban J connectivity index is 2.36.